The minimum absolute atomic E-state index is 0.0169. The molecular formula is C16H19ClN4O2. The number of carbonyl (C=O) groups excluding carboxylic acids is 2. The van der Waals surface area contributed by atoms with Gasteiger partial charge in [0.15, 0.2) is 0 Å². The van der Waals surface area contributed by atoms with Crippen LogP contribution < -0.4 is 16.0 Å². The zero-order valence-corrected chi connectivity index (χ0v) is 13.8. The lowest BCUT2D eigenvalue weighted by atomic mass is 9.98. The Hall–Kier alpha value is -2.26. The summed E-state index contributed by atoms with van der Waals surface area (Å²) in [6.45, 7) is 3.13. The van der Waals surface area contributed by atoms with Gasteiger partial charge in [0, 0.05) is 11.9 Å². The maximum absolute atomic E-state index is 12.1. The Morgan fingerprint density at radius 2 is 2.09 bits per heavy atom. The van der Waals surface area contributed by atoms with Gasteiger partial charge >= 0.3 is 0 Å². The highest BCUT2D eigenvalue weighted by molar-refractivity contribution is 6.31. The predicted octanol–water partition coefficient (Wildman–Crippen LogP) is 2.52. The number of carbonyl (C=O) groups is 2. The minimum atomic E-state index is -0.826. The molecule has 0 bridgehead atoms. The molecule has 3 N–H and O–H groups in total. The predicted molar refractivity (Wildman–Crippen MR) is 89.1 cm³/mol. The van der Waals surface area contributed by atoms with Crippen LogP contribution in [0.1, 0.15) is 26.7 Å². The molecule has 0 radical (unpaired) electrons. The smallest absolute Gasteiger partial charge is 0.240 e. The second-order valence-electron chi connectivity index (χ2n) is 5.86. The van der Waals surface area contributed by atoms with E-state index in [2.05, 4.69) is 22.0 Å². The first-order valence-corrected chi connectivity index (χ1v) is 7.75. The fourth-order valence-electron chi connectivity index (χ4n) is 2.35. The molecule has 0 saturated heterocycles. The lowest BCUT2D eigenvalue weighted by Crippen LogP contribution is -2.48. The van der Waals surface area contributed by atoms with Gasteiger partial charge < -0.3 is 16.0 Å². The zero-order valence-electron chi connectivity index (χ0n) is 13.1. The topological polar surface area (TPSA) is 94.0 Å². The molecule has 1 aliphatic rings. The molecule has 0 heterocycles. The first-order chi connectivity index (χ1) is 10.8. The fraction of sp³-hybridized carbons (Fsp3) is 0.438. The molecule has 7 heteroatoms. The maximum Gasteiger partial charge on any atom is 0.240 e. The first kappa shape index (κ1) is 17.1. The molecule has 1 unspecified atom stereocenters. The zero-order chi connectivity index (χ0) is 17.0. The summed E-state index contributed by atoms with van der Waals surface area (Å²) in [6, 6.07) is 7.12. The van der Waals surface area contributed by atoms with Crippen LogP contribution in [0, 0.1) is 17.2 Å². The third kappa shape index (κ3) is 4.60. The van der Waals surface area contributed by atoms with E-state index < -0.39 is 5.54 Å². The molecule has 1 fully saturated rings. The fourth-order valence-corrected chi connectivity index (χ4v) is 2.52. The number of hydrogen-bond donors (Lipinski definition) is 3. The van der Waals surface area contributed by atoms with E-state index in [0.717, 1.165) is 12.8 Å². The highest BCUT2D eigenvalue weighted by atomic mass is 35.5. The van der Waals surface area contributed by atoms with Crippen LogP contribution in [0.4, 0.5) is 11.4 Å². The van der Waals surface area contributed by atoms with Crippen molar-refractivity contribution in [3.63, 3.8) is 0 Å². The number of nitrogens with one attached hydrogen (secondary N) is 3. The number of amides is 2. The van der Waals surface area contributed by atoms with Crippen LogP contribution in [0.25, 0.3) is 0 Å². The second kappa shape index (κ2) is 6.88. The molecule has 0 spiro atoms. The summed E-state index contributed by atoms with van der Waals surface area (Å²) in [5.74, 6) is -0.280. The summed E-state index contributed by atoms with van der Waals surface area (Å²) < 4.78 is 0. The first-order valence-electron chi connectivity index (χ1n) is 7.37. The van der Waals surface area contributed by atoms with E-state index in [1.807, 2.05) is 0 Å². The number of benzene rings is 1. The third-order valence-corrected chi connectivity index (χ3v) is 3.99. The summed E-state index contributed by atoms with van der Waals surface area (Å²) in [6.07, 6.45) is 1.91. The molecule has 2 amide bonds. The second-order valence-corrected chi connectivity index (χ2v) is 6.30. The molecule has 23 heavy (non-hydrogen) atoms. The van der Waals surface area contributed by atoms with E-state index in [-0.39, 0.29) is 24.3 Å². The van der Waals surface area contributed by atoms with Gasteiger partial charge in [-0.3, -0.25) is 9.59 Å². The highest BCUT2D eigenvalue weighted by Crippen LogP contribution is 2.39. The number of rotatable bonds is 6. The molecule has 0 aliphatic heterocycles. The summed E-state index contributed by atoms with van der Waals surface area (Å²) in [5.41, 5.74) is 0.265. The van der Waals surface area contributed by atoms with Gasteiger partial charge in [-0.25, -0.2) is 0 Å². The van der Waals surface area contributed by atoms with Crippen molar-refractivity contribution >= 4 is 34.8 Å². The molecule has 1 saturated carbocycles. The summed E-state index contributed by atoms with van der Waals surface area (Å²) in [5, 5.41) is 18.1. The van der Waals surface area contributed by atoms with Crippen LogP contribution in [0.3, 0.4) is 0 Å². The van der Waals surface area contributed by atoms with Crippen LogP contribution in [0.5, 0.6) is 0 Å². The van der Waals surface area contributed by atoms with E-state index >= 15 is 0 Å². The maximum atomic E-state index is 12.1. The van der Waals surface area contributed by atoms with Gasteiger partial charge in [0.1, 0.15) is 5.54 Å². The van der Waals surface area contributed by atoms with Crippen molar-refractivity contribution in [2.45, 2.75) is 32.2 Å². The lowest BCUT2D eigenvalue weighted by Gasteiger charge is -2.23. The van der Waals surface area contributed by atoms with Gasteiger partial charge in [-0.1, -0.05) is 11.6 Å². The molecule has 2 rings (SSSR count). The normalized spacial score (nSPS) is 15.9. The van der Waals surface area contributed by atoms with E-state index in [1.165, 1.54) is 6.92 Å². The van der Waals surface area contributed by atoms with Crippen molar-refractivity contribution in [3.05, 3.63) is 23.2 Å². The third-order valence-electron chi connectivity index (χ3n) is 3.76. The molecule has 1 aromatic rings. The molecule has 1 atom stereocenters. The van der Waals surface area contributed by atoms with E-state index in [9.17, 15) is 14.9 Å². The van der Waals surface area contributed by atoms with Crippen molar-refractivity contribution in [1.29, 1.82) is 5.26 Å². The van der Waals surface area contributed by atoms with Crippen LogP contribution in [-0.2, 0) is 9.59 Å². The molecule has 6 nitrogen and oxygen atoms in total. The quantitative estimate of drug-likeness (QED) is 0.745. The average Bonchev–Trinajstić information content (AvgIpc) is 3.32. The number of hydrogen-bond acceptors (Lipinski definition) is 4. The molecule has 1 aliphatic carbocycles. The number of nitriles is 1. The van der Waals surface area contributed by atoms with E-state index in [0.29, 0.717) is 16.4 Å². The summed E-state index contributed by atoms with van der Waals surface area (Å²) >= 11 is 5.95. The van der Waals surface area contributed by atoms with Crippen molar-refractivity contribution < 1.29 is 9.59 Å². The largest absolute Gasteiger partial charge is 0.374 e. The summed E-state index contributed by atoms with van der Waals surface area (Å²) in [7, 11) is 0. The Bertz CT molecular complexity index is 667. The molecule has 0 aromatic heterocycles. The van der Waals surface area contributed by atoms with Gasteiger partial charge in [-0.05, 0) is 43.9 Å². The number of halogens is 1. The number of nitrogens with zero attached hydrogens (tertiary/aromatic N) is 1. The van der Waals surface area contributed by atoms with Crippen LogP contribution in [0.2, 0.25) is 5.02 Å². The Labute approximate surface area is 140 Å². The minimum Gasteiger partial charge on any atom is -0.374 e. The van der Waals surface area contributed by atoms with Crippen molar-refractivity contribution in [2.24, 2.45) is 5.92 Å². The van der Waals surface area contributed by atoms with Crippen molar-refractivity contribution in [3.8, 4) is 6.07 Å². The van der Waals surface area contributed by atoms with Crippen LogP contribution >= 0.6 is 11.6 Å². The monoisotopic (exact) mass is 334 g/mol. The molecule has 1 aromatic carbocycles. The molecular weight excluding hydrogens is 316 g/mol. The average molecular weight is 335 g/mol. The van der Waals surface area contributed by atoms with Gasteiger partial charge in [0.25, 0.3) is 0 Å². The van der Waals surface area contributed by atoms with Crippen molar-refractivity contribution in [2.75, 3.05) is 17.2 Å². The van der Waals surface area contributed by atoms with Gasteiger partial charge in [-0.15, -0.1) is 0 Å². The Morgan fingerprint density at radius 3 is 2.65 bits per heavy atom. The van der Waals surface area contributed by atoms with Crippen molar-refractivity contribution in [1.82, 2.24) is 5.32 Å². The molecule has 122 valence electrons. The van der Waals surface area contributed by atoms with E-state index in [4.69, 9.17) is 11.6 Å². The van der Waals surface area contributed by atoms with Crippen LogP contribution in [0.15, 0.2) is 18.2 Å². The Balaban J connectivity index is 2.00. The van der Waals surface area contributed by atoms with Gasteiger partial charge in [-0.2, -0.15) is 5.26 Å². The highest BCUT2D eigenvalue weighted by Gasteiger charge is 2.42. The van der Waals surface area contributed by atoms with Gasteiger partial charge in [0.2, 0.25) is 11.8 Å². The van der Waals surface area contributed by atoms with Gasteiger partial charge in [0.05, 0.1) is 24.0 Å². The Kier molecular flexibility index (Phi) is 5.12. The SMILES string of the molecule is CC(=O)Nc1ccc(Cl)cc1NCC(=O)NC(C)(C#N)C1CC1. The lowest BCUT2D eigenvalue weighted by molar-refractivity contribution is -0.120. The van der Waals surface area contributed by atoms with E-state index in [1.54, 1.807) is 25.1 Å². The van der Waals surface area contributed by atoms with Crippen LogP contribution in [-0.4, -0.2) is 23.9 Å². The number of anilines is 2. The standard InChI is InChI=1S/C16H19ClN4O2/c1-10(22)20-13-6-5-12(17)7-14(13)19-8-15(23)21-16(2,9-18)11-3-4-11/h5-7,11,19H,3-4,8H2,1-2H3,(H,20,22)(H,21,23). The summed E-state index contributed by atoms with van der Waals surface area (Å²) in [4.78, 5) is 23.3. The Morgan fingerprint density at radius 1 is 1.39 bits per heavy atom.